The molecule has 0 bridgehead atoms. The highest BCUT2D eigenvalue weighted by atomic mass is 32.2. The molecule has 2 aromatic heterocycles. The van der Waals surface area contributed by atoms with Gasteiger partial charge in [-0.1, -0.05) is 42.5 Å². The average Bonchev–Trinajstić information content (AvgIpc) is 3.16. The van der Waals surface area contributed by atoms with Crippen LogP contribution in [0.2, 0.25) is 0 Å². The summed E-state index contributed by atoms with van der Waals surface area (Å²) < 4.78 is 30.1. The topological polar surface area (TPSA) is 76.9 Å². The Morgan fingerprint density at radius 1 is 0.889 bits per heavy atom. The second kappa shape index (κ2) is 7.30. The number of hydrogen-bond donors (Lipinski definition) is 1. The molecular formula is C20H18N4O2S. The van der Waals surface area contributed by atoms with Crippen LogP contribution in [0.25, 0.3) is 22.3 Å². The van der Waals surface area contributed by atoms with Crippen LogP contribution in [0.5, 0.6) is 0 Å². The van der Waals surface area contributed by atoms with Crippen molar-refractivity contribution >= 4 is 20.8 Å². The Kier molecular flexibility index (Phi) is 4.70. The Morgan fingerprint density at radius 3 is 2.56 bits per heavy atom. The highest BCUT2D eigenvalue weighted by Gasteiger charge is 2.17. The van der Waals surface area contributed by atoms with Crippen LogP contribution in [0.4, 0.5) is 0 Å². The van der Waals surface area contributed by atoms with Crippen molar-refractivity contribution in [1.29, 1.82) is 0 Å². The van der Waals surface area contributed by atoms with E-state index in [9.17, 15) is 8.42 Å². The van der Waals surface area contributed by atoms with Gasteiger partial charge in [-0.25, -0.2) is 18.1 Å². The summed E-state index contributed by atoms with van der Waals surface area (Å²) in [6.45, 7) is 0.706. The van der Waals surface area contributed by atoms with E-state index in [1.54, 1.807) is 24.5 Å². The van der Waals surface area contributed by atoms with Crippen molar-refractivity contribution in [3.05, 3.63) is 79.3 Å². The van der Waals surface area contributed by atoms with Crippen LogP contribution in [0.3, 0.4) is 0 Å². The molecule has 0 atom stereocenters. The maximum absolute atomic E-state index is 12.8. The van der Waals surface area contributed by atoms with Crippen LogP contribution in [-0.2, 0) is 16.6 Å². The molecule has 0 aliphatic carbocycles. The molecule has 4 aromatic rings. The molecule has 0 fully saturated rings. The number of benzene rings is 2. The summed E-state index contributed by atoms with van der Waals surface area (Å²) >= 11 is 0. The van der Waals surface area contributed by atoms with E-state index in [4.69, 9.17) is 0 Å². The predicted octanol–water partition coefficient (Wildman–Crippen LogP) is 3.08. The Hall–Kier alpha value is -3.03. The predicted molar refractivity (Wildman–Crippen MR) is 105 cm³/mol. The number of hydrogen-bond acceptors (Lipinski definition) is 4. The zero-order valence-electron chi connectivity index (χ0n) is 14.5. The molecule has 7 heteroatoms. The van der Waals surface area contributed by atoms with Crippen LogP contribution < -0.4 is 4.72 Å². The molecule has 0 unspecified atom stereocenters. The highest BCUT2D eigenvalue weighted by molar-refractivity contribution is 7.89. The lowest BCUT2D eigenvalue weighted by Gasteiger charge is -2.11. The van der Waals surface area contributed by atoms with Crippen molar-refractivity contribution in [3.63, 3.8) is 0 Å². The monoisotopic (exact) mass is 378 g/mol. The van der Waals surface area contributed by atoms with E-state index in [-0.39, 0.29) is 11.4 Å². The van der Waals surface area contributed by atoms with Gasteiger partial charge < -0.3 is 4.57 Å². The number of nitrogens with one attached hydrogen (secondary N) is 1. The molecule has 1 N–H and O–H groups in total. The van der Waals surface area contributed by atoms with Crippen LogP contribution in [0.1, 0.15) is 0 Å². The number of nitrogens with zero attached hydrogens (tertiary/aromatic N) is 3. The number of fused-ring (bicyclic) bond motifs is 1. The molecule has 4 rings (SSSR count). The van der Waals surface area contributed by atoms with Crippen LogP contribution in [0.15, 0.2) is 84.1 Å². The van der Waals surface area contributed by atoms with Crippen molar-refractivity contribution in [3.8, 4) is 11.5 Å². The first kappa shape index (κ1) is 17.4. The van der Waals surface area contributed by atoms with Gasteiger partial charge in [0.1, 0.15) is 5.69 Å². The van der Waals surface area contributed by atoms with Gasteiger partial charge in [0.05, 0.1) is 4.90 Å². The smallest absolute Gasteiger partial charge is 0.241 e. The summed E-state index contributed by atoms with van der Waals surface area (Å²) in [6, 6.07) is 18.3. The molecule has 136 valence electrons. The number of sulfonamides is 1. The highest BCUT2D eigenvalue weighted by Crippen LogP contribution is 2.22. The third kappa shape index (κ3) is 3.60. The van der Waals surface area contributed by atoms with Gasteiger partial charge in [-0.15, -0.1) is 0 Å². The molecule has 27 heavy (non-hydrogen) atoms. The second-order valence-electron chi connectivity index (χ2n) is 6.03. The van der Waals surface area contributed by atoms with Gasteiger partial charge in [-0.3, -0.25) is 4.98 Å². The second-order valence-corrected chi connectivity index (χ2v) is 7.77. The Bertz CT molecular complexity index is 1170. The van der Waals surface area contributed by atoms with Gasteiger partial charge >= 0.3 is 0 Å². The van der Waals surface area contributed by atoms with Crippen molar-refractivity contribution in [2.75, 3.05) is 6.54 Å². The van der Waals surface area contributed by atoms with Crippen molar-refractivity contribution in [1.82, 2.24) is 19.3 Å². The van der Waals surface area contributed by atoms with Gasteiger partial charge in [0, 0.05) is 37.1 Å². The van der Waals surface area contributed by atoms with E-state index < -0.39 is 10.0 Å². The summed E-state index contributed by atoms with van der Waals surface area (Å²) in [5.74, 6) is 0.708. The molecular weight excluding hydrogens is 360 g/mol. The summed E-state index contributed by atoms with van der Waals surface area (Å²) in [5, 5.41) is 1.61. The Balaban J connectivity index is 1.52. The van der Waals surface area contributed by atoms with Crippen LogP contribution in [-0.4, -0.2) is 29.5 Å². The fourth-order valence-electron chi connectivity index (χ4n) is 3.03. The third-order valence-electron chi connectivity index (χ3n) is 4.29. The molecule has 6 nitrogen and oxygen atoms in total. The van der Waals surface area contributed by atoms with Gasteiger partial charge in [-0.2, -0.15) is 0 Å². The Morgan fingerprint density at radius 2 is 1.70 bits per heavy atom. The zero-order chi connectivity index (χ0) is 18.7. The fourth-order valence-corrected chi connectivity index (χ4v) is 4.27. The maximum Gasteiger partial charge on any atom is 0.241 e. The van der Waals surface area contributed by atoms with E-state index >= 15 is 0 Å². The standard InChI is InChI=1S/C20H18N4O2S/c25-27(26,19-10-5-7-16-6-1-2-8-17(16)19)23-13-15-24-14-12-22-20(24)18-9-3-4-11-21-18/h1-12,14,23H,13,15H2. The first-order valence-electron chi connectivity index (χ1n) is 8.55. The van der Waals surface area contributed by atoms with Gasteiger partial charge in [0.25, 0.3) is 0 Å². The summed E-state index contributed by atoms with van der Waals surface area (Å²) in [6.07, 6.45) is 5.21. The van der Waals surface area contributed by atoms with E-state index in [0.29, 0.717) is 17.8 Å². The maximum atomic E-state index is 12.8. The first-order valence-corrected chi connectivity index (χ1v) is 10.0. The van der Waals surface area contributed by atoms with E-state index in [1.165, 1.54) is 0 Å². The molecule has 2 heterocycles. The number of pyridine rings is 1. The van der Waals surface area contributed by atoms with Gasteiger partial charge in [0.2, 0.25) is 10.0 Å². The Labute approximate surface area is 157 Å². The summed E-state index contributed by atoms with van der Waals surface area (Å²) in [7, 11) is -3.62. The van der Waals surface area contributed by atoms with E-state index in [0.717, 1.165) is 11.1 Å². The summed E-state index contributed by atoms with van der Waals surface area (Å²) in [5.41, 5.74) is 0.749. The normalized spacial score (nSPS) is 11.7. The number of aromatic nitrogens is 3. The van der Waals surface area contributed by atoms with Crippen LogP contribution >= 0.6 is 0 Å². The first-order chi connectivity index (χ1) is 13.1. The van der Waals surface area contributed by atoms with E-state index in [1.807, 2.05) is 59.3 Å². The third-order valence-corrected chi connectivity index (χ3v) is 5.81. The van der Waals surface area contributed by atoms with E-state index in [2.05, 4.69) is 14.7 Å². The molecule has 0 saturated carbocycles. The van der Waals surface area contributed by atoms with Crippen molar-refractivity contribution in [2.24, 2.45) is 0 Å². The fraction of sp³-hybridized carbons (Fsp3) is 0.100. The minimum atomic E-state index is -3.62. The molecule has 0 spiro atoms. The number of rotatable bonds is 6. The molecule has 0 amide bonds. The van der Waals surface area contributed by atoms with Crippen LogP contribution in [0, 0.1) is 0 Å². The molecule has 0 saturated heterocycles. The molecule has 0 aliphatic rings. The molecule has 2 aromatic carbocycles. The quantitative estimate of drug-likeness (QED) is 0.559. The molecule has 0 radical (unpaired) electrons. The number of imidazole rings is 1. The zero-order valence-corrected chi connectivity index (χ0v) is 15.3. The van der Waals surface area contributed by atoms with Gasteiger partial charge in [-0.05, 0) is 23.6 Å². The summed E-state index contributed by atoms with van der Waals surface area (Å²) in [4.78, 5) is 8.91. The molecule has 0 aliphatic heterocycles. The lowest BCUT2D eigenvalue weighted by atomic mass is 10.1. The van der Waals surface area contributed by atoms with Crippen molar-refractivity contribution in [2.45, 2.75) is 11.4 Å². The SMILES string of the molecule is O=S(=O)(NCCn1ccnc1-c1ccccn1)c1cccc2ccccc12. The minimum Gasteiger partial charge on any atom is -0.328 e. The largest absolute Gasteiger partial charge is 0.328 e. The minimum absolute atomic E-state index is 0.252. The van der Waals surface area contributed by atoms with Gasteiger partial charge in [0.15, 0.2) is 5.82 Å². The van der Waals surface area contributed by atoms with Crippen molar-refractivity contribution < 1.29 is 8.42 Å². The lowest BCUT2D eigenvalue weighted by Crippen LogP contribution is -2.27. The average molecular weight is 378 g/mol. The lowest BCUT2D eigenvalue weighted by molar-refractivity contribution is 0.574.